The highest BCUT2D eigenvalue weighted by Gasteiger charge is 2.30. The number of rotatable bonds is 4. The molecule has 0 bridgehead atoms. The number of amides is 1. The molecule has 1 aromatic heterocycles. The van der Waals surface area contributed by atoms with Crippen molar-refractivity contribution in [1.82, 2.24) is 15.1 Å². The number of halogens is 4. The molecule has 0 unspecified atom stereocenters. The topological polar surface area (TPSA) is 46.9 Å². The van der Waals surface area contributed by atoms with Crippen molar-refractivity contribution >= 4 is 17.5 Å². The van der Waals surface area contributed by atoms with Crippen molar-refractivity contribution in [2.24, 2.45) is 0 Å². The largest absolute Gasteiger partial charge is 0.416 e. The van der Waals surface area contributed by atoms with Crippen molar-refractivity contribution in [3.8, 4) is 11.8 Å². The average Bonchev–Trinajstić information content (AvgIpc) is 2.99. The molecule has 0 saturated carbocycles. The lowest BCUT2D eigenvalue weighted by molar-refractivity contribution is -0.137. The number of hydrogen-bond donors (Lipinski definition) is 1. The Bertz CT molecular complexity index is 1170. The summed E-state index contributed by atoms with van der Waals surface area (Å²) in [7, 11) is 0. The highest BCUT2D eigenvalue weighted by Crippen LogP contribution is 2.29. The molecule has 0 aliphatic heterocycles. The van der Waals surface area contributed by atoms with Crippen LogP contribution in [0.2, 0.25) is 5.02 Å². The van der Waals surface area contributed by atoms with Gasteiger partial charge in [0.05, 0.1) is 29.9 Å². The highest BCUT2D eigenvalue weighted by molar-refractivity contribution is 6.31. The van der Waals surface area contributed by atoms with Gasteiger partial charge in [-0.25, -0.2) is 0 Å². The fourth-order valence-electron chi connectivity index (χ4n) is 3.10. The van der Waals surface area contributed by atoms with E-state index in [4.69, 9.17) is 11.6 Å². The molecule has 3 aromatic rings. The summed E-state index contributed by atoms with van der Waals surface area (Å²) in [4.78, 5) is 12.6. The van der Waals surface area contributed by atoms with Crippen molar-refractivity contribution in [2.75, 3.05) is 6.54 Å². The molecule has 8 heteroatoms. The van der Waals surface area contributed by atoms with Gasteiger partial charge in [-0.2, -0.15) is 18.3 Å². The standard InChI is InChI=1S/C23H19ClF3N3O/c1-15-21(16(2)30(29-15)14-18-9-3-4-11-20(18)24)22(31)28-12-6-8-17-7-5-10-19(13-17)23(25,26)27/h3-5,7,9-11,13H,12,14H2,1-2H3,(H,28,31). The van der Waals surface area contributed by atoms with Gasteiger partial charge in [-0.1, -0.05) is 47.7 Å². The normalized spacial score (nSPS) is 11.0. The number of aryl methyl sites for hydroxylation is 1. The Balaban J connectivity index is 1.68. The molecule has 0 spiro atoms. The van der Waals surface area contributed by atoms with E-state index in [0.29, 0.717) is 28.5 Å². The fourth-order valence-corrected chi connectivity index (χ4v) is 3.30. The SMILES string of the molecule is Cc1nn(Cc2ccccc2Cl)c(C)c1C(=O)NCC#Cc1cccc(C(F)(F)F)c1. The molecule has 0 aliphatic rings. The summed E-state index contributed by atoms with van der Waals surface area (Å²) in [6.45, 7) is 3.94. The molecule has 2 aromatic carbocycles. The summed E-state index contributed by atoms with van der Waals surface area (Å²) in [5, 5.41) is 7.72. The van der Waals surface area contributed by atoms with Gasteiger partial charge >= 0.3 is 6.18 Å². The van der Waals surface area contributed by atoms with Crippen LogP contribution >= 0.6 is 11.6 Å². The van der Waals surface area contributed by atoms with Crippen LogP contribution in [0.25, 0.3) is 0 Å². The number of aromatic nitrogens is 2. The number of nitrogens with one attached hydrogen (secondary N) is 1. The predicted molar refractivity (Wildman–Crippen MR) is 113 cm³/mol. The number of benzene rings is 2. The fraction of sp³-hybridized carbons (Fsp3) is 0.217. The molecule has 0 radical (unpaired) electrons. The van der Waals surface area contributed by atoms with E-state index in [0.717, 1.165) is 17.7 Å². The first-order valence-electron chi connectivity index (χ1n) is 9.38. The van der Waals surface area contributed by atoms with Crippen LogP contribution in [0.4, 0.5) is 13.2 Å². The Hall–Kier alpha value is -3.24. The van der Waals surface area contributed by atoms with Crippen molar-refractivity contribution in [1.29, 1.82) is 0 Å². The Morgan fingerprint density at radius 3 is 2.61 bits per heavy atom. The van der Waals surface area contributed by atoms with Crippen molar-refractivity contribution in [3.63, 3.8) is 0 Å². The van der Waals surface area contributed by atoms with Crippen molar-refractivity contribution in [2.45, 2.75) is 26.6 Å². The van der Waals surface area contributed by atoms with Crippen LogP contribution in [-0.2, 0) is 12.7 Å². The zero-order chi connectivity index (χ0) is 22.6. The van der Waals surface area contributed by atoms with Crippen LogP contribution in [0.5, 0.6) is 0 Å². The van der Waals surface area contributed by atoms with E-state index in [1.807, 2.05) is 18.2 Å². The minimum Gasteiger partial charge on any atom is -0.341 e. The van der Waals surface area contributed by atoms with E-state index in [-0.39, 0.29) is 18.0 Å². The highest BCUT2D eigenvalue weighted by atomic mass is 35.5. The van der Waals surface area contributed by atoms with Gasteiger partial charge in [0.25, 0.3) is 5.91 Å². The third-order valence-corrected chi connectivity index (χ3v) is 5.02. The lowest BCUT2D eigenvalue weighted by Gasteiger charge is -2.07. The van der Waals surface area contributed by atoms with Gasteiger partial charge in [0.15, 0.2) is 0 Å². The maximum atomic E-state index is 12.8. The molecule has 1 heterocycles. The lowest BCUT2D eigenvalue weighted by Crippen LogP contribution is -2.24. The van der Waals surface area contributed by atoms with Gasteiger partial charge in [0.1, 0.15) is 0 Å². The molecular formula is C23H19ClF3N3O. The number of carbonyl (C=O) groups excluding carboxylic acids is 1. The minimum atomic E-state index is -4.43. The summed E-state index contributed by atoms with van der Waals surface area (Å²) >= 11 is 6.21. The maximum Gasteiger partial charge on any atom is 0.416 e. The van der Waals surface area contributed by atoms with Crippen LogP contribution in [-0.4, -0.2) is 22.2 Å². The van der Waals surface area contributed by atoms with Crippen LogP contribution in [0, 0.1) is 25.7 Å². The molecule has 0 atom stereocenters. The second kappa shape index (κ2) is 9.27. The molecule has 1 N–H and O–H groups in total. The zero-order valence-electron chi connectivity index (χ0n) is 16.8. The Morgan fingerprint density at radius 1 is 1.16 bits per heavy atom. The van der Waals surface area contributed by atoms with E-state index in [2.05, 4.69) is 22.3 Å². The third kappa shape index (κ3) is 5.47. The Kier molecular flexibility index (Phi) is 6.71. The molecule has 0 fully saturated rings. The van der Waals surface area contributed by atoms with E-state index < -0.39 is 11.7 Å². The van der Waals surface area contributed by atoms with E-state index in [1.54, 1.807) is 24.6 Å². The van der Waals surface area contributed by atoms with Crippen molar-refractivity contribution < 1.29 is 18.0 Å². The first-order chi connectivity index (χ1) is 14.7. The molecule has 0 aliphatic carbocycles. The molecule has 4 nitrogen and oxygen atoms in total. The van der Waals surface area contributed by atoms with Crippen LogP contribution in [0.15, 0.2) is 48.5 Å². The summed E-state index contributed by atoms with van der Waals surface area (Å²) < 4.78 is 40.0. The lowest BCUT2D eigenvalue weighted by atomic mass is 10.1. The van der Waals surface area contributed by atoms with Gasteiger partial charge in [0, 0.05) is 16.3 Å². The first kappa shape index (κ1) is 22.4. The van der Waals surface area contributed by atoms with Gasteiger partial charge in [-0.15, -0.1) is 0 Å². The molecule has 31 heavy (non-hydrogen) atoms. The van der Waals surface area contributed by atoms with Crippen LogP contribution in [0.1, 0.15) is 38.4 Å². The molecule has 3 rings (SSSR count). The first-order valence-corrected chi connectivity index (χ1v) is 9.76. The van der Waals surface area contributed by atoms with Crippen molar-refractivity contribution in [3.05, 3.63) is 87.2 Å². The second-order valence-electron chi connectivity index (χ2n) is 6.86. The maximum absolute atomic E-state index is 12.8. The summed E-state index contributed by atoms with van der Waals surface area (Å²) in [6, 6.07) is 12.1. The quantitative estimate of drug-likeness (QED) is 0.574. The predicted octanol–water partition coefficient (Wildman–Crippen LogP) is 5.00. The number of nitrogens with zero attached hydrogens (tertiary/aromatic N) is 2. The minimum absolute atomic E-state index is 0.0103. The molecule has 160 valence electrons. The van der Waals surface area contributed by atoms with E-state index in [9.17, 15) is 18.0 Å². The van der Waals surface area contributed by atoms with E-state index >= 15 is 0 Å². The van der Waals surface area contributed by atoms with Crippen LogP contribution < -0.4 is 5.32 Å². The smallest absolute Gasteiger partial charge is 0.341 e. The second-order valence-corrected chi connectivity index (χ2v) is 7.27. The van der Waals surface area contributed by atoms with E-state index in [1.165, 1.54) is 12.1 Å². The zero-order valence-corrected chi connectivity index (χ0v) is 17.6. The molecular weight excluding hydrogens is 427 g/mol. The molecule has 1 amide bonds. The molecule has 0 saturated heterocycles. The number of carbonyl (C=O) groups is 1. The summed E-state index contributed by atoms with van der Waals surface area (Å²) in [6.07, 6.45) is -4.43. The van der Waals surface area contributed by atoms with Gasteiger partial charge in [-0.3, -0.25) is 9.48 Å². The van der Waals surface area contributed by atoms with Crippen LogP contribution in [0.3, 0.4) is 0 Å². The Morgan fingerprint density at radius 2 is 1.90 bits per heavy atom. The average molecular weight is 446 g/mol. The summed E-state index contributed by atoms with van der Waals surface area (Å²) in [5.41, 5.74) is 2.03. The van der Waals surface area contributed by atoms with Gasteiger partial charge in [0.2, 0.25) is 0 Å². The van der Waals surface area contributed by atoms with Gasteiger partial charge in [-0.05, 0) is 43.7 Å². The monoisotopic (exact) mass is 445 g/mol. The summed E-state index contributed by atoms with van der Waals surface area (Å²) in [5.74, 6) is 4.97. The van der Waals surface area contributed by atoms with Gasteiger partial charge < -0.3 is 5.32 Å². The number of alkyl halides is 3. The Labute approximate surface area is 183 Å². The third-order valence-electron chi connectivity index (χ3n) is 4.65. The number of hydrogen-bond acceptors (Lipinski definition) is 2.